The minimum Gasteiger partial charge on any atom is -0.411 e. The van der Waals surface area contributed by atoms with Gasteiger partial charge >= 0.3 is 0 Å². The number of halogens is 1. The molecule has 0 saturated heterocycles. The van der Waals surface area contributed by atoms with Crippen LogP contribution in [0, 0.1) is 5.41 Å². The third-order valence-electron chi connectivity index (χ3n) is 2.13. The number of rotatable bonds is 4. The molecule has 0 aliphatic rings. The van der Waals surface area contributed by atoms with Crippen molar-refractivity contribution in [2.75, 3.05) is 6.61 Å². The third-order valence-corrected chi connectivity index (χ3v) is 2.13. The lowest BCUT2D eigenvalue weighted by molar-refractivity contribution is 0.108. The van der Waals surface area contributed by atoms with Crippen LogP contribution in [-0.2, 0) is 6.54 Å². The van der Waals surface area contributed by atoms with Gasteiger partial charge in [0.05, 0.1) is 6.33 Å². The van der Waals surface area contributed by atoms with Gasteiger partial charge in [-0.05, 0) is 6.92 Å². The number of allylic oxidation sites excluding steroid dienone is 1. The topological polar surface area (TPSA) is 68.7 Å². The summed E-state index contributed by atoms with van der Waals surface area (Å²) in [4.78, 5) is 13.6. The Morgan fingerprint density at radius 1 is 1.47 bits per heavy atom. The molecule has 0 unspecified atom stereocenters. The first kappa shape index (κ1) is 13.4. The van der Waals surface area contributed by atoms with Crippen molar-refractivity contribution in [2.24, 2.45) is 0 Å². The summed E-state index contributed by atoms with van der Waals surface area (Å²) < 4.78 is 3.14. The number of nitrogens with one attached hydrogen (secondary N) is 1. The SMILES string of the molecule is Br.C=CCn1cnc2c(=N)n(OCC)cnc21. The maximum absolute atomic E-state index is 7.88. The predicted octanol–water partition coefficient (Wildman–Crippen LogP) is 0.925. The smallest absolute Gasteiger partial charge is 0.192 e. The second-order valence-electron chi connectivity index (χ2n) is 3.19. The summed E-state index contributed by atoms with van der Waals surface area (Å²) in [6.07, 6.45) is 4.89. The van der Waals surface area contributed by atoms with Crippen molar-refractivity contribution in [3.05, 3.63) is 30.8 Å². The molecule has 2 rings (SSSR count). The lowest BCUT2D eigenvalue weighted by atomic mass is 10.5. The van der Waals surface area contributed by atoms with E-state index < -0.39 is 0 Å². The quantitative estimate of drug-likeness (QED) is 0.854. The van der Waals surface area contributed by atoms with Crippen molar-refractivity contribution in [1.29, 1.82) is 5.41 Å². The highest BCUT2D eigenvalue weighted by atomic mass is 79.9. The molecule has 1 N–H and O–H groups in total. The Hall–Kier alpha value is -1.63. The summed E-state index contributed by atoms with van der Waals surface area (Å²) in [5.41, 5.74) is 1.40. The van der Waals surface area contributed by atoms with Crippen molar-refractivity contribution >= 4 is 28.1 Å². The molecular formula is C10H14BrN5O. The lowest BCUT2D eigenvalue weighted by Gasteiger charge is -2.06. The molecule has 2 heterocycles. The molecule has 0 radical (unpaired) electrons. The van der Waals surface area contributed by atoms with Gasteiger partial charge in [0.15, 0.2) is 16.7 Å². The molecule has 0 amide bonds. The molecule has 7 heteroatoms. The largest absolute Gasteiger partial charge is 0.411 e. The van der Waals surface area contributed by atoms with E-state index in [0.29, 0.717) is 24.3 Å². The fourth-order valence-electron chi connectivity index (χ4n) is 1.46. The predicted molar refractivity (Wildman–Crippen MR) is 69.0 cm³/mol. The van der Waals surface area contributed by atoms with E-state index >= 15 is 0 Å². The van der Waals surface area contributed by atoms with Gasteiger partial charge in [0.25, 0.3) is 0 Å². The van der Waals surface area contributed by atoms with E-state index in [9.17, 15) is 0 Å². The minimum absolute atomic E-state index is 0. The maximum atomic E-state index is 7.88. The molecule has 0 saturated carbocycles. The van der Waals surface area contributed by atoms with Gasteiger partial charge in [-0.1, -0.05) is 6.08 Å². The summed E-state index contributed by atoms with van der Waals surface area (Å²) in [5.74, 6) is 0. The molecule has 2 aromatic rings. The van der Waals surface area contributed by atoms with Gasteiger partial charge in [-0.15, -0.1) is 23.6 Å². The molecular weight excluding hydrogens is 286 g/mol. The number of imidazole rings is 1. The van der Waals surface area contributed by atoms with E-state index in [1.54, 1.807) is 12.4 Å². The summed E-state index contributed by atoms with van der Waals surface area (Å²) in [6, 6.07) is 0. The van der Waals surface area contributed by atoms with Crippen LogP contribution >= 0.6 is 17.0 Å². The van der Waals surface area contributed by atoms with Crippen LogP contribution in [0.4, 0.5) is 0 Å². The van der Waals surface area contributed by atoms with Gasteiger partial charge in [0.2, 0.25) is 0 Å². The molecule has 0 aromatic carbocycles. The fourth-order valence-corrected chi connectivity index (χ4v) is 1.46. The van der Waals surface area contributed by atoms with Crippen LogP contribution in [0.3, 0.4) is 0 Å². The van der Waals surface area contributed by atoms with Gasteiger partial charge < -0.3 is 9.40 Å². The molecule has 0 aliphatic heterocycles. The summed E-state index contributed by atoms with van der Waals surface area (Å²) in [7, 11) is 0. The van der Waals surface area contributed by atoms with Crippen LogP contribution < -0.4 is 10.3 Å². The highest BCUT2D eigenvalue weighted by molar-refractivity contribution is 8.93. The normalized spacial score (nSPS) is 9.94. The number of fused-ring (bicyclic) bond motifs is 1. The molecule has 2 aromatic heterocycles. The zero-order valence-corrected chi connectivity index (χ0v) is 11.2. The van der Waals surface area contributed by atoms with Crippen molar-refractivity contribution in [1.82, 2.24) is 19.3 Å². The van der Waals surface area contributed by atoms with Crippen molar-refractivity contribution in [3.8, 4) is 0 Å². The number of hydrogen-bond donors (Lipinski definition) is 1. The lowest BCUT2D eigenvalue weighted by Crippen LogP contribution is -2.27. The van der Waals surface area contributed by atoms with E-state index in [2.05, 4.69) is 16.5 Å². The first-order chi connectivity index (χ1) is 7.77. The number of hydrogen-bond acceptors (Lipinski definition) is 4. The van der Waals surface area contributed by atoms with Gasteiger partial charge in [-0.2, -0.15) is 4.73 Å². The molecule has 0 spiro atoms. The molecule has 6 nitrogen and oxygen atoms in total. The monoisotopic (exact) mass is 299 g/mol. The molecule has 0 bridgehead atoms. The third kappa shape index (κ3) is 2.38. The van der Waals surface area contributed by atoms with E-state index in [-0.39, 0.29) is 22.5 Å². The van der Waals surface area contributed by atoms with Crippen LogP contribution in [0.1, 0.15) is 6.92 Å². The summed E-state index contributed by atoms with van der Waals surface area (Å²) >= 11 is 0. The van der Waals surface area contributed by atoms with E-state index in [4.69, 9.17) is 10.2 Å². The van der Waals surface area contributed by atoms with Crippen LogP contribution in [0.15, 0.2) is 25.3 Å². The Labute approximate surface area is 109 Å². The van der Waals surface area contributed by atoms with Crippen LogP contribution in [0.5, 0.6) is 0 Å². The fraction of sp³-hybridized carbons (Fsp3) is 0.300. The molecule has 0 fully saturated rings. The van der Waals surface area contributed by atoms with E-state index in [1.807, 2.05) is 11.5 Å². The molecule has 17 heavy (non-hydrogen) atoms. The van der Waals surface area contributed by atoms with Crippen LogP contribution in [0.25, 0.3) is 11.2 Å². The van der Waals surface area contributed by atoms with Gasteiger partial charge in [-0.25, -0.2) is 9.97 Å². The van der Waals surface area contributed by atoms with Crippen LogP contribution in [0.2, 0.25) is 0 Å². The van der Waals surface area contributed by atoms with Gasteiger partial charge in [-0.3, -0.25) is 5.41 Å². The Kier molecular flexibility index (Phi) is 4.45. The maximum Gasteiger partial charge on any atom is 0.192 e. The van der Waals surface area contributed by atoms with E-state index in [0.717, 1.165) is 0 Å². The second-order valence-corrected chi connectivity index (χ2v) is 3.19. The molecule has 0 atom stereocenters. The van der Waals surface area contributed by atoms with Gasteiger partial charge in [0.1, 0.15) is 12.9 Å². The average molecular weight is 300 g/mol. The van der Waals surface area contributed by atoms with E-state index in [1.165, 1.54) is 11.1 Å². The Morgan fingerprint density at radius 3 is 2.88 bits per heavy atom. The van der Waals surface area contributed by atoms with Gasteiger partial charge in [0, 0.05) is 6.54 Å². The summed E-state index contributed by atoms with van der Waals surface area (Å²) in [6.45, 7) is 6.62. The number of nitrogens with zero attached hydrogens (tertiary/aromatic N) is 4. The van der Waals surface area contributed by atoms with Crippen LogP contribution in [-0.4, -0.2) is 25.9 Å². The Morgan fingerprint density at radius 2 is 2.24 bits per heavy atom. The van der Waals surface area contributed by atoms with Crippen molar-refractivity contribution in [3.63, 3.8) is 0 Å². The molecule has 92 valence electrons. The zero-order chi connectivity index (χ0) is 11.5. The Bertz CT molecular complexity index is 574. The zero-order valence-electron chi connectivity index (χ0n) is 9.46. The van der Waals surface area contributed by atoms with Crippen molar-refractivity contribution < 1.29 is 4.84 Å². The first-order valence-corrected chi connectivity index (χ1v) is 4.99. The Balaban J connectivity index is 0.00000144. The minimum atomic E-state index is 0. The summed E-state index contributed by atoms with van der Waals surface area (Å²) in [5, 5.41) is 7.88. The first-order valence-electron chi connectivity index (χ1n) is 4.99. The molecule has 0 aliphatic carbocycles. The highest BCUT2D eigenvalue weighted by Crippen LogP contribution is 2.03. The van der Waals surface area contributed by atoms with Crippen molar-refractivity contribution in [2.45, 2.75) is 13.5 Å². The average Bonchev–Trinajstić information content (AvgIpc) is 2.67. The highest BCUT2D eigenvalue weighted by Gasteiger charge is 2.07. The standard InChI is InChI=1S/C10H13N5O.BrH/c1-3-5-14-6-12-8-9(11)15(16-4-2)7-13-10(8)14;/h3,6-7,11H,1,4-5H2,2H3;1H. The second kappa shape index (κ2) is 5.62. The number of aromatic nitrogens is 4.